The maximum atomic E-state index is 12.7. The monoisotopic (exact) mass is 397 g/mol. The van der Waals surface area contributed by atoms with Crippen molar-refractivity contribution in [3.63, 3.8) is 0 Å². The molecule has 6 heteroatoms. The Balaban J connectivity index is 1.45. The lowest BCUT2D eigenvalue weighted by Gasteiger charge is -2.28. The number of aromatic nitrogens is 1. The summed E-state index contributed by atoms with van der Waals surface area (Å²) in [5.74, 6) is 2.19. The van der Waals surface area contributed by atoms with Crippen molar-refractivity contribution >= 4 is 45.9 Å². The Bertz CT molecular complexity index is 955. The van der Waals surface area contributed by atoms with Gasteiger partial charge in [0.15, 0.2) is 0 Å². The number of pyridine rings is 1. The number of rotatable bonds is 4. The molecule has 0 unspecified atom stereocenters. The fourth-order valence-electron chi connectivity index (χ4n) is 3.25. The molecule has 0 aliphatic carbocycles. The third-order valence-electron chi connectivity index (χ3n) is 4.68. The van der Waals surface area contributed by atoms with Crippen molar-refractivity contribution in [3.05, 3.63) is 70.9 Å². The number of hydrogen-bond donors (Lipinski definition) is 1. The Morgan fingerprint density at radius 2 is 1.93 bits per heavy atom. The van der Waals surface area contributed by atoms with Crippen LogP contribution in [0.25, 0.3) is 10.9 Å². The molecule has 2 heterocycles. The largest absolute Gasteiger partial charge is 0.370 e. The molecule has 0 spiro atoms. The highest BCUT2D eigenvalue weighted by Gasteiger charge is 2.13. The second kappa shape index (κ2) is 8.19. The van der Waals surface area contributed by atoms with Crippen LogP contribution < -0.4 is 10.2 Å². The second-order valence-electron chi connectivity index (χ2n) is 6.48. The molecule has 1 saturated heterocycles. The van der Waals surface area contributed by atoms with Gasteiger partial charge >= 0.3 is 0 Å². The van der Waals surface area contributed by atoms with Crippen molar-refractivity contribution in [2.24, 2.45) is 0 Å². The summed E-state index contributed by atoms with van der Waals surface area (Å²) in [7, 11) is 0. The van der Waals surface area contributed by atoms with Crippen LogP contribution in [0.1, 0.15) is 15.9 Å². The number of nitrogens with zero attached hydrogens (tertiary/aromatic N) is 2. The molecule has 0 bridgehead atoms. The summed E-state index contributed by atoms with van der Waals surface area (Å²) in [6.45, 7) is 2.65. The minimum absolute atomic E-state index is 0.168. The number of carbonyl (C=O) groups is 1. The van der Waals surface area contributed by atoms with Crippen LogP contribution in [-0.2, 0) is 6.54 Å². The van der Waals surface area contributed by atoms with Crippen molar-refractivity contribution in [1.82, 2.24) is 10.3 Å². The number of benzene rings is 2. The van der Waals surface area contributed by atoms with Gasteiger partial charge in [-0.1, -0.05) is 29.8 Å². The summed E-state index contributed by atoms with van der Waals surface area (Å²) in [4.78, 5) is 19.4. The van der Waals surface area contributed by atoms with Crippen molar-refractivity contribution in [1.29, 1.82) is 0 Å². The molecule has 1 aromatic heterocycles. The maximum Gasteiger partial charge on any atom is 0.253 e. The van der Waals surface area contributed by atoms with E-state index in [2.05, 4.69) is 39.5 Å². The van der Waals surface area contributed by atoms with E-state index < -0.39 is 0 Å². The SMILES string of the molecule is O=C(NCc1ccc(N2CCSCC2)cc1)c1cc(Cl)cc2cccnc12. The first-order valence-corrected chi connectivity index (χ1v) is 10.5. The number of halogens is 1. The number of thioether (sulfide) groups is 1. The molecular weight excluding hydrogens is 378 g/mol. The number of anilines is 1. The molecule has 138 valence electrons. The molecule has 0 saturated carbocycles. The molecule has 3 aromatic rings. The van der Waals surface area contributed by atoms with Crippen LogP contribution in [0.5, 0.6) is 0 Å². The van der Waals surface area contributed by atoms with Crippen LogP contribution in [-0.4, -0.2) is 35.5 Å². The van der Waals surface area contributed by atoms with Gasteiger partial charge in [-0.15, -0.1) is 0 Å². The number of nitrogens with one attached hydrogen (secondary N) is 1. The van der Waals surface area contributed by atoms with E-state index in [0.29, 0.717) is 22.6 Å². The third-order valence-corrected chi connectivity index (χ3v) is 5.84. The smallest absolute Gasteiger partial charge is 0.253 e. The summed E-state index contributed by atoms with van der Waals surface area (Å²) < 4.78 is 0. The predicted molar refractivity (Wildman–Crippen MR) is 114 cm³/mol. The highest BCUT2D eigenvalue weighted by atomic mass is 35.5. The first-order chi connectivity index (χ1) is 13.2. The zero-order valence-electron chi connectivity index (χ0n) is 14.8. The zero-order chi connectivity index (χ0) is 18.6. The fraction of sp³-hybridized carbons (Fsp3) is 0.238. The minimum atomic E-state index is -0.168. The van der Waals surface area contributed by atoms with Crippen LogP contribution >= 0.6 is 23.4 Å². The lowest BCUT2D eigenvalue weighted by Crippen LogP contribution is -2.32. The van der Waals surface area contributed by atoms with Gasteiger partial charge in [-0.25, -0.2) is 0 Å². The van der Waals surface area contributed by atoms with Crippen LogP contribution in [0.2, 0.25) is 5.02 Å². The second-order valence-corrected chi connectivity index (χ2v) is 8.14. The van der Waals surface area contributed by atoms with Gasteiger partial charge in [0.1, 0.15) is 0 Å². The van der Waals surface area contributed by atoms with Gasteiger partial charge < -0.3 is 10.2 Å². The molecular formula is C21H20ClN3OS. The molecule has 0 radical (unpaired) electrons. The van der Waals surface area contributed by atoms with Crippen molar-refractivity contribution in [2.45, 2.75) is 6.54 Å². The third kappa shape index (κ3) is 4.20. The standard InChI is InChI=1S/C21H20ClN3OS/c22-17-12-16-2-1-7-23-20(16)19(13-17)21(26)24-14-15-3-5-18(6-4-15)25-8-10-27-11-9-25/h1-7,12-13H,8-11,14H2,(H,24,26). The molecule has 27 heavy (non-hydrogen) atoms. The van der Waals surface area contributed by atoms with Gasteiger partial charge in [0, 0.05) is 53.4 Å². The molecule has 0 atom stereocenters. The van der Waals surface area contributed by atoms with Crippen molar-refractivity contribution < 1.29 is 4.79 Å². The van der Waals surface area contributed by atoms with Gasteiger partial charge in [-0.2, -0.15) is 11.8 Å². The number of amides is 1. The molecule has 1 aliphatic rings. The Kier molecular flexibility index (Phi) is 5.50. The zero-order valence-corrected chi connectivity index (χ0v) is 16.4. The summed E-state index contributed by atoms with van der Waals surface area (Å²) in [5, 5.41) is 4.37. The van der Waals surface area contributed by atoms with Crippen molar-refractivity contribution in [2.75, 3.05) is 29.5 Å². The normalized spacial score (nSPS) is 14.3. The van der Waals surface area contributed by atoms with Gasteiger partial charge in [0.05, 0.1) is 11.1 Å². The van der Waals surface area contributed by atoms with Gasteiger partial charge in [0.2, 0.25) is 0 Å². The molecule has 4 rings (SSSR count). The number of carbonyl (C=O) groups excluding carboxylic acids is 1. The number of fused-ring (bicyclic) bond motifs is 1. The predicted octanol–water partition coefficient (Wildman–Crippen LogP) is 4.37. The molecule has 2 aromatic carbocycles. The van der Waals surface area contributed by atoms with Crippen LogP contribution in [0.4, 0.5) is 5.69 Å². The van der Waals surface area contributed by atoms with E-state index in [1.54, 1.807) is 12.3 Å². The average Bonchev–Trinajstić information content (AvgIpc) is 2.72. The van der Waals surface area contributed by atoms with Gasteiger partial charge in [0.25, 0.3) is 5.91 Å². The highest BCUT2D eigenvalue weighted by molar-refractivity contribution is 7.99. The topological polar surface area (TPSA) is 45.2 Å². The maximum absolute atomic E-state index is 12.7. The Hall–Kier alpha value is -2.24. The molecule has 1 aliphatic heterocycles. The van der Waals surface area contributed by atoms with E-state index in [9.17, 15) is 4.79 Å². The summed E-state index contributed by atoms with van der Waals surface area (Å²) in [5.41, 5.74) is 3.48. The van der Waals surface area contributed by atoms with Gasteiger partial charge in [-0.3, -0.25) is 9.78 Å². The molecule has 1 fully saturated rings. The Morgan fingerprint density at radius 1 is 1.15 bits per heavy atom. The van der Waals surface area contributed by atoms with E-state index in [0.717, 1.165) is 24.0 Å². The van der Waals surface area contributed by atoms with Gasteiger partial charge in [-0.05, 0) is 35.9 Å². The fourth-order valence-corrected chi connectivity index (χ4v) is 4.38. The first kappa shape index (κ1) is 18.1. The average molecular weight is 398 g/mol. The summed E-state index contributed by atoms with van der Waals surface area (Å²) >= 11 is 8.17. The van der Waals surface area contributed by atoms with Crippen molar-refractivity contribution in [3.8, 4) is 0 Å². The highest BCUT2D eigenvalue weighted by Crippen LogP contribution is 2.23. The van der Waals surface area contributed by atoms with E-state index in [1.807, 2.05) is 30.0 Å². The number of hydrogen-bond acceptors (Lipinski definition) is 4. The van der Waals surface area contributed by atoms with Crippen LogP contribution in [0, 0.1) is 0 Å². The lowest BCUT2D eigenvalue weighted by atomic mass is 10.1. The van der Waals surface area contributed by atoms with E-state index in [-0.39, 0.29) is 5.91 Å². The van der Waals surface area contributed by atoms with Crippen LogP contribution in [0.3, 0.4) is 0 Å². The summed E-state index contributed by atoms with van der Waals surface area (Å²) in [6.07, 6.45) is 1.69. The van der Waals surface area contributed by atoms with Crippen LogP contribution in [0.15, 0.2) is 54.7 Å². The lowest BCUT2D eigenvalue weighted by molar-refractivity contribution is 0.0952. The van der Waals surface area contributed by atoms with E-state index in [1.165, 1.54) is 17.2 Å². The summed E-state index contributed by atoms with van der Waals surface area (Å²) in [6, 6.07) is 15.6. The molecule has 1 amide bonds. The quantitative estimate of drug-likeness (QED) is 0.710. The first-order valence-electron chi connectivity index (χ1n) is 8.95. The molecule has 1 N–H and O–H groups in total. The minimum Gasteiger partial charge on any atom is -0.370 e. The molecule has 4 nitrogen and oxygen atoms in total. The van der Waals surface area contributed by atoms with E-state index >= 15 is 0 Å². The Morgan fingerprint density at radius 3 is 2.70 bits per heavy atom. The Labute approximate surface area is 167 Å². The van der Waals surface area contributed by atoms with E-state index in [4.69, 9.17) is 11.6 Å².